The van der Waals surface area contributed by atoms with E-state index in [2.05, 4.69) is 0 Å². The summed E-state index contributed by atoms with van der Waals surface area (Å²) >= 11 is 0. The first-order valence-electron chi connectivity index (χ1n) is 10.6. The summed E-state index contributed by atoms with van der Waals surface area (Å²) in [7, 11) is 0. The molecule has 0 aliphatic carbocycles. The molecule has 186 valence electrons. The molecule has 0 N–H and O–H groups in total. The lowest BCUT2D eigenvalue weighted by molar-refractivity contribution is -0.351. The third kappa shape index (κ3) is 3.95. The number of carbonyl (C=O) groups excluding carboxylic acids is 2. The quantitative estimate of drug-likeness (QED) is 0.514. The molecule has 2 aliphatic rings. The maximum atomic E-state index is 14.5. The van der Waals surface area contributed by atoms with Crippen LogP contribution in [-0.2, 0) is 9.59 Å². The first kappa shape index (κ1) is 26.6. The average Bonchev–Trinajstić information content (AvgIpc) is 2.66. The third-order valence-electron chi connectivity index (χ3n) is 6.58. The summed E-state index contributed by atoms with van der Waals surface area (Å²) in [5.74, 6) is -31.3. The van der Waals surface area contributed by atoms with Gasteiger partial charge in [0, 0.05) is 24.2 Å². The van der Waals surface area contributed by atoms with Crippen molar-refractivity contribution < 1.29 is 44.7 Å². The lowest BCUT2D eigenvalue weighted by Crippen LogP contribution is -2.71. The van der Waals surface area contributed by atoms with E-state index in [1.807, 2.05) is 0 Å². The van der Waals surface area contributed by atoms with Gasteiger partial charge in [0.2, 0.25) is 0 Å². The van der Waals surface area contributed by atoms with Gasteiger partial charge in [-0.25, -0.2) is 0 Å². The summed E-state index contributed by atoms with van der Waals surface area (Å²) in [5.41, 5.74) is 0. The number of hydrogen-bond acceptors (Lipinski definition) is 2. The summed E-state index contributed by atoms with van der Waals surface area (Å²) < 4.78 is 116. The molecule has 0 spiro atoms. The molecule has 0 aromatic carbocycles. The molecule has 0 aromatic rings. The molecule has 2 saturated heterocycles. The largest absolute Gasteiger partial charge is 0.393 e. The molecule has 12 heteroatoms. The third-order valence-corrected chi connectivity index (χ3v) is 6.58. The Labute approximate surface area is 181 Å². The Kier molecular flexibility index (Phi) is 7.18. The molecule has 4 atom stereocenters. The fraction of sp³-hybridized carbons (Fsp3) is 0.900. The minimum Gasteiger partial charge on any atom is -0.332 e. The van der Waals surface area contributed by atoms with E-state index in [1.54, 1.807) is 0 Å². The van der Waals surface area contributed by atoms with Crippen LogP contribution in [0.2, 0.25) is 0 Å². The van der Waals surface area contributed by atoms with E-state index in [-0.39, 0.29) is 25.7 Å². The molecule has 0 unspecified atom stereocenters. The number of alkyl halides is 8. The molecular weight excluding hydrogens is 452 g/mol. The number of hydrogen-bond donors (Lipinski definition) is 0. The SMILES string of the molecule is C[C@H]1CCC[C@H](C)N1C(=O)C(F)(F)C(F)(F)C(F)(F)C(F)(F)C(=O)N1[C@@H](C)CCC[C@@H]1C. The maximum absolute atomic E-state index is 14.5. The monoisotopic (exact) mass is 480 g/mol. The van der Waals surface area contributed by atoms with Gasteiger partial charge in [-0.05, 0) is 66.2 Å². The predicted octanol–water partition coefficient (Wildman–Crippen LogP) is 5.11. The van der Waals surface area contributed by atoms with Crippen LogP contribution < -0.4 is 0 Å². The van der Waals surface area contributed by atoms with Gasteiger partial charge in [-0.1, -0.05) is 0 Å². The van der Waals surface area contributed by atoms with Crippen molar-refractivity contribution in [1.82, 2.24) is 9.80 Å². The van der Waals surface area contributed by atoms with Crippen molar-refractivity contribution in [2.45, 2.75) is 114 Å². The second-order valence-corrected chi connectivity index (χ2v) is 8.98. The van der Waals surface area contributed by atoms with Crippen LogP contribution in [0.1, 0.15) is 66.2 Å². The van der Waals surface area contributed by atoms with Gasteiger partial charge in [0.25, 0.3) is 11.8 Å². The minimum atomic E-state index is -6.82. The Morgan fingerprint density at radius 1 is 0.562 bits per heavy atom. The van der Waals surface area contributed by atoms with Crippen LogP contribution in [-0.4, -0.2) is 69.5 Å². The van der Waals surface area contributed by atoms with E-state index in [0.29, 0.717) is 22.6 Å². The Morgan fingerprint density at radius 2 is 0.781 bits per heavy atom. The van der Waals surface area contributed by atoms with Crippen LogP contribution in [0, 0.1) is 0 Å². The first-order chi connectivity index (χ1) is 14.4. The van der Waals surface area contributed by atoms with Crippen LogP contribution in [0.3, 0.4) is 0 Å². The smallest absolute Gasteiger partial charge is 0.332 e. The summed E-state index contributed by atoms with van der Waals surface area (Å²) in [4.78, 5) is 25.2. The van der Waals surface area contributed by atoms with E-state index in [1.165, 1.54) is 27.7 Å². The molecule has 0 bridgehead atoms. The molecule has 2 fully saturated rings. The van der Waals surface area contributed by atoms with Gasteiger partial charge in [-0.3, -0.25) is 9.59 Å². The Hall–Kier alpha value is -1.62. The van der Waals surface area contributed by atoms with Gasteiger partial charge in [0.05, 0.1) is 0 Å². The van der Waals surface area contributed by atoms with Crippen molar-refractivity contribution in [3.05, 3.63) is 0 Å². The summed E-state index contributed by atoms with van der Waals surface area (Å²) in [5, 5.41) is 0. The van der Waals surface area contributed by atoms with Crippen LogP contribution in [0.25, 0.3) is 0 Å². The highest BCUT2D eigenvalue weighted by Gasteiger charge is 2.85. The highest BCUT2D eigenvalue weighted by Crippen LogP contribution is 2.54. The lowest BCUT2D eigenvalue weighted by Gasteiger charge is -2.45. The van der Waals surface area contributed by atoms with Gasteiger partial charge < -0.3 is 9.80 Å². The zero-order valence-corrected chi connectivity index (χ0v) is 18.3. The van der Waals surface area contributed by atoms with Crippen molar-refractivity contribution in [3.63, 3.8) is 0 Å². The molecule has 0 aromatic heterocycles. The van der Waals surface area contributed by atoms with Crippen LogP contribution in [0.5, 0.6) is 0 Å². The number of rotatable bonds is 5. The highest BCUT2D eigenvalue weighted by molar-refractivity contribution is 5.88. The first-order valence-corrected chi connectivity index (χ1v) is 10.6. The average molecular weight is 480 g/mol. The van der Waals surface area contributed by atoms with Gasteiger partial charge in [0.1, 0.15) is 0 Å². The molecule has 2 amide bonds. The molecule has 2 aliphatic heterocycles. The summed E-state index contributed by atoms with van der Waals surface area (Å²) in [6.45, 7) is 5.10. The van der Waals surface area contributed by atoms with Crippen molar-refractivity contribution in [1.29, 1.82) is 0 Å². The lowest BCUT2D eigenvalue weighted by atomic mass is 9.91. The minimum absolute atomic E-state index is 0.160. The van der Waals surface area contributed by atoms with Gasteiger partial charge >= 0.3 is 23.7 Å². The van der Waals surface area contributed by atoms with Gasteiger partial charge in [0.15, 0.2) is 0 Å². The fourth-order valence-electron chi connectivity index (χ4n) is 4.63. The zero-order chi connectivity index (χ0) is 24.9. The van der Waals surface area contributed by atoms with E-state index < -0.39 is 59.7 Å². The number of likely N-dealkylation sites (tertiary alicyclic amines) is 2. The number of carbonyl (C=O) groups is 2. The number of halogens is 8. The van der Waals surface area contributed by atoms with Gasteiger partial charge in [-0.15, -0.1) is 0 Å². The van der Waals surface area contributed by atoms with E-state index >= 15 is 0 Å². The molecule has 4 nitrogen and oxygen atoms in total. The maximum Gasteiger partial charge on any atom is 0.393 e. The molecule has 0 radical (unpaired) electrons. The zero-order valence-electron chi connectivity index (χ0n) is 18.3. The Bertz CT molecular complexity index is 650. The highest BCUT2D eigenvalue weighted by atomic mass is 19.4. The molecule has 0 saturated carbocycles. The van der Waals surface area contributed by atoms with Crippen molar-refractivity contribution in [2.75, 3.05) is 0 Å². The number of nitrogens with zero attached hydrogens (tertiary/aromatic N) is 2. The molecule has 2 heterocycles. The van der Waals surface area contributed by atoms with Crippen LogP contribution >= 0.6 is 0 Å². The fourth-order valence-corrected chi connectivity index (χ4v) is 4.63. The summed E-state index contributed by atoms with van der Waals surface area (Å²) in [6.07, 6.45) is 1.62. The van der Waals surface area contributed by atoms with Crippen molar-refractivity contribution in [3.8, 4) is 0 Å². The molecule has 2 rings (SSSR count). The van der Waals surface area contributed by atoms with Crippen molar-refractivity contribution in [2.24, 2.45) is 0 Å². The van der Waals surface area contributed by atoms with Crippen LogP contribution in [0.15, 0.2) is 0 Å². The number of piperidine rings is 2. The Balaban J connectivity index is 2.42. The van der Waals surface area contributed by atoms with E-state index in [9.17, 15) is 44.7 Å². The van der Waals surface area contributed by atoms with Crippen LogP contribution in [0.4, 0.5) is 35.1 Å². The predicted molar refractivity (Wildman–Crippen MR) is 99.0 cm³/mol. The summed E-state index contributed by atoms with van der Waals surface area (Å²) in [6, 6.07) is -3.89. The molecule has 32 heavy (non-hydrogen) atoms. The Morgan fingerprint density at radius 3 is 1.00 bits per heavy atom. The topological polar surface area (TPSA) is 40.6 Å². The second-order valence-electron chi connectivity index (χ2n) is 8.98. The standard InChI is InChI=1S/C20H28F8N2O2/c1-11-7-5-8-12(2)29(11)15(31)17(21,22)19(25,26)20(27,28)18(23,24)16(32)30-13(3)9-6-10-14(30)4/h11-14H,5-10H2,1-4H3/t11-,12-,13-,14-/m0/s1. The number of amides is 2. The van der Waals surface area contributed by atoms with Crippen molar-refractivity contribution >= 4 is 11.8 Å². The van der Waals surface area contributed by atoms with Gasteiger partial charge in [-0.2, -0.15) is 35.1 Å². The normalized spacial score (nSPS) is 28.6. The van der Waals surface area contributed by atoms with E-state index in [0.717, 1.165) is 0 Å². The second kappa shape index (κ2) is 8.62. The molecular formula is C20H28F8N2O2. The van der Waals surface area contributed by atoms with E-state index in [4.69, 9.17) is 0 Å².